The van der Waals surface area contributed by atoms with Gasteiger partial charge in [0.05, 0.1) is 7.11 Å². The van der Waals surface area contributed by atoms with E-state index in [9.17, 15) is 8.78 Å². The second-order valence-corrected chi connectivity index (χ2v) is 2.24. The lowest BCUT2D eigenvalue weighted by molar-refractivity contribution is -0.252. The Morgan fingerprint density at radius 2 is 2.36 bits per heavy atom. The summed E-state index contributed by atoms with van der Waals surface area (Å²) in [5, 5.41) is -0.281. The molecule has 61 valence electrons. The summed E-state index contributed by atoms with van der Waals surface area (Å²) < 4.78 is 25.6. The van der Waals surface area contributed by atoms with Gasteiger partial charge in [0, 0.05) is 12.3 Å². The lowest BCUT2D eigenvalue weighted by atomic mass is 10.3. The van der Waals surface area contributed by atoms with Gasteiger partial charge in [-0.1, -0.05) is 11.6 Å². The van der Waals surface area contributed by atoms with Crippen LogP contribution in [0.4, 0.5) is 8.78 Å². The van der Waals surface area contributed by atoms with E-state index in [0.29, 0.717) is 5.06 Å². The summed E-state index contributed by atoms with van der Waals surface area (Å²) in [6.07, 6.45) is 4.37. The van der Waals surface area contributed by atoms with Crippen molar-refractivity contribution in [3.05, 3.63) is 23.4 Å². The molecule has 1 rings (SSSR count). The molecule has 0 N–H and O–H groups in total. The van der Waals surface area contributed by atoms with E-state index in [1.807, 2.05) is 0 Å². The maximum Gasteiger partial charge on any atom is 0.384 e. The van der Waals surface area contributed by atoms with E-state index in [1.165, 1.54) is 0 Å². The molecule has 0 saturated carbocycles. The Morgan fingerprint density at radius 1 is 1.73 bits per heavy atom. The van der Waals surface area contributed by atoms with E-state index in [0.717, 1.165) is 19.4 Å². The smallest absolute Gasteiger partial charge is 0.272 e. The number of rotatable bonds is 1. The molecule has 5 heteroatoms. The molecule has 1 aliphatic heterocycles. The number of hydroxylamine groups is 2. The predicted molar refractivity (Wildman–Crippen MR) is 35.5 cm³/mol. The molecule has 0 aliphatic carbocycles. The maximum atomic E-state index is 12.8. The summed E-state index contributed by atoms with van der Waals surface area (Å²) in [4.78, 5) is 4.32. The molecule has 1 heterocycles. The van der Waals surface area contributed by atoms with Gasteiger partial charge in [-0.2, -0.15) is 13.8 Å². The lowest BCUT2D eigenvalue weighted by Gasteiger charge is -2.28. The third-order valence-electron chi connectivity index (χ3n) is 1.16. The van der Waals surface area contributed by atoms with Gasteiger partial charge in [-0.05, 0) is 6.08 Å². The molecule has 0 amide bonds. The fourth-order valence-corrected chi connectivity index (χ4v) is 0.765. The van der Waals surface area contributed by atoms with E-state index in [-0.39, 0.29) is 0 Å². The molecule has 0 aromatic carbocycles. The molecule has 0 atom stereocenters. The van der Waals surface area contributed by atoms with Crippen LogP contribution in [0.2, 0.25) is 0 Å². The van der Waals surface area contributed by atoms with Gasteiger partial charge in [0.1, 0.15) is 5.03 Å². The summed E-state index contributed by atoms with van der Waals surface area (Å²) in [6.45, 7) is 0. The zero-order valence-corrected chi connectivity index (χ0v) is 6.40. The zero-order chi connectivity index (χ0) is 8.48. The SMILES string of the molecule is CON1C=[C]C=C(Cl)C1(F)F. The minimum Gasteiger partial charge on any atom is -0.272 e. The Bertz CT molecular complexity index is 215. The third kappa shape index (κ3) is 1.36. The number of alkyl halides is 2. The van der Waals surface area contributed by atoms with Crippen LogP contribution in [0, 0.1) is 6.08 Å². The Hall–Kier alpha value is -0.610. The number of hydrogen-bond donors (Lipinski definition) is 0. The first-order valence-corrected chi connectivity index (χ1v) is 3.13. The molecule has 0 fully saturated rings. The number of allylic oxidation sites excluding steroid dienone is 2. The molecular formula is C6H5ClF2NO. The van der Waals surface area contributed by atoms with Gasteiger partial charge in [0.2, 0.25) is 0 Å². The van der Waals surface area contributed by atoms with E-state index >= 15 is 0 Å². The van der Waals surface area contributed by atoms with Crippen molar-refractivity contribution in [1.29, 1.82) is 0 Å². The Morgan fingerprint density at radius 3 is 2.82 bits per heavy atom. The number of nitrogens with zero attached hydrogens (tertiary/aromatic N) is 1. The van der Waals surface area contributed by atoms with Crippen molar-refractivity contribution >= 4 is 11.6 Å². The van der Waals surface area contributed by atoms with E-state index in [2.05, 4.69) is 10.9 Å². The average molecular weight is 181 g/mol. The van der Waals surface area contributed by atoms with Gasteiger partial charge < -0.3 is 0 Å². The Labute approximate surface area is 67.6 Å². The second-order valence-electron chi connectivity index (χ2n) is 1.84. The van der Waals surface area contributed by atoms with Gasteiger partial charge in [0.15, 0.2) is 0 Å². The average Bonchev–Trinajstić information content (AvgIpc) is 1.95. The van der Waals surface area contributed by atoms with Crippen LogP contribution < -0.4 is 0 Å². The van der Waals surface area contributed by atoms with Crippen LogP contribution in [0.15, 0.2) is 17.3 Å². The van der Waals surface area contributed by atoms with Gasteiger partial charge in [0.25, 0.3) is 0 Å². The molecule has 0 spiro atoms. The van der Waals surface area contributed by atoms with Crippen molar-refractivity contribution in [2.24, 2.45) is 0 Å². The summed E-state index contributed by atoms with van der Waals surface area (Å²) in [6, 6.07) is -3.28. The van der Waals surface area contributed by atoms with Crippen LogP contribution >= 0.6 is 11.6 Å². The van der Waals surface area contributed by atoms with Crippen molar-refractivity contribution in [1.82, 2.24) is 5.06 Å². The van der Waals surface area contributed by atoms with Gasteiger partial charge in [-0.25, -0.2) is 0 Å². The predicted octanol–water partition coefficient (Wildman–Crippen LogP) is 1.90. The van der Waals surface area contributed by atoms with Crippen molar-refractivity contribution in [3.63, 3.8) is 0 Å². The largest absolute Gasteiger partial charge is 0.384 e. The van der Waals surface area contributed by atoms with Crippen molar-refractivity contribution in [3.8, 4) is 0 Å². The highest BCUT2D eigenvalue weighted by Crippen LogP contribution is 2.33. The summed E-state index contributed by atoms with van der Waals surface area (Å²) in [7, 11) is 1.13. The quantitative estimate of drug-likeness (QED) is 0.572. The van der Waals surface area contributed by atoms with Gasteiger partial charge in [-0.3, -0.25) is 4.84 Å². The maximum absolute atomic E-state index is 12.8. The molecule has 2 nitrogen and oxygen atoms in total. The van der Waals surface area contributed by atoms with Gasteiger partial charge in [-0.15, -0.1) is 0 Å². The highest BCUT2D eigenvalue weighted by molar-refractivity contribution is 6.30. The van der Waals surface area contributed by atoms with Crippen LogP contribution in [0.3, 0.4) is 0 Å². The zero-order valence-electron chi connectivity index (χ0n) is 5.64. The molecule has 1 radical (unpaired) electrons. The van der Waals surface area contributed by atoms with Crippen LogP contribution in [-0.2, 0) is 4.84 Å². The molecule has 0 bridgehead atoms. The first-order valence-electron chi connectivity index (χ1n) is 2.76. The number of hydrogen-bond acceptors (Lipinski definition) is 2. The minimum absolute atomic E-state index is 0.329. The first kappa shape index (κ1) is 8.49. The first-order chi connectivity index (χ1) is 5.09. The van der Waals surface area contributed by atoms with E-state index < -0.39 is 11.1 Å². The molecule has 0 aromatic heterocycles. The fraction of sp³-hybridized carbons (Fsp3) is 0.333. The molecule has 1 aliphatic rings. The topological polar surface area (TPSA) is 12.5 Å². The number of halogens is 3. The van der Waals surface area contributed by atoms with Crippen LogP contribution in [-0.4, -0.2) is 18.2 Å². The minimum atomic E-state index is -3.28. The van der Waals surface area contributed by atoms with Crippen LogP contribution in [0.25, 0.3) is 0 Å². The highest BCUT2D eigenvalue weighted by Gasteiger charge is 2.41. The van der Waals surface area contributed by atoms with Crippen LogP contribution in [0.5, 0.6) is 0 Å². The molecule has 0 aromatic rings. The van der Waals surface area contributed by atoms with Gasteiger partial charge >= 0.3 is 6.05 Å². The molecule has 0 unspecified atom stereocenters. The molecular weight excluding hydrogens is 176 g/mol. The monoisotopic (exact) mass is 180 g/mol. The molecule has 0 saturated heterocycles. The highest BCUT2D eigenvalue weighted by atomic mass is 35.5. The van der Waals surface area contributed by atoms with Crippen molar-refractivity contribution in [2.45, 2.75) is 6.05 Å². The Balaban J connectivity index is 2.89. The van der Waals surface area contributed by atoms with E-state index in [4.69, 9.17) is 11.6 Å². The summed E-state index contributed by atoms with van der Waals surface area (Å²) >= 11 is 5.19. The lowest BCUT2D eigenvalue weighted by Crippen LogP contribution is -2.38. The second kappa shape index (κ2) is 2.79. The fourth-order valence-electron chi connectivity index (χ4n) is 0.619. The van der Waals surface area contributed by atoms with Crippen molar-refractivity contribution in [2.75, 3.05) is 7.11 Å². The molecule has 11 heavy (non-hydrogen) atoms. The normalized spacial score (nSPS) is 21.8. The third-order valence-corrected chi connectivity index (χ3v) is 1.50. The summed E-state index contributed by atoms with van der Waals surface area (Å²) in [5.74, 6) is 0. The van der Waals surface area contributed by atoms with Crippen LogP contribution in [0.1, 0.15) is 0 Å². The summed E-state index contributed by atoms with van der Waals surface area (Å²) in [5.41, 5.74) is 0. The Kier molecular flexibility index (Phi) is 2.15. The van der Waals surface area contributed by atoms with E-state index in [1.54, 1.807) is 0 Å². The van der Waals surface area contributed by atoms with Crippen molar-refractivity contribution < 1.29 is 13.6 Å². The standard InChI is InChI=1S/C6H5ClF2NO/c1-11-10-4-2-3-5(7)6(10,8)9/h3-4H,1H3.